The van der Waals surface area contributed by atoms with Gasteiger partial charge in [0.25, 0.3) is 0 Å². The summed E-state index contributed by atoms with van der Waals surface area (Å²) in [5.74, 6) is 0. The van der Waals surface area contributed by atoms with Crippen molar-refractivity contribution in [2.75, 3.05) is 40.8 Å². The highest BCUT2D eigenvalue weighted by Crippen LogP contribution is 2.30. The summed E-state index contributed by atoms with van der Waals surface area (Å²) in [7, 11) is 5.02. The second-order valence-electron chi connectivity index (χ2n) is 4.32. The Hall–Kier alpha value is -0.290. The first-order chi connectivity index (χ1) is 5.73. The van der Waals surface area contributed by atoms with Crippen LogP contribution in [-0.2, 0) is 0 Å². The largest absolute Gasteiger partial charge is 0.442 e. The fourth-order valence-corrected chi connectivity index (χ4v) is 1.69. The Morgan fingerprint density at radius 1 is 1.31 bits per heavy atom. The van der Waals surface area contributed by atoms with Gasteiger partial charge in [0.2, 0.25) is 0 Å². The van der Waals surface area contributed by atoms with E-state index in [4.69, 9.17) is 0 Å². The van der Waals surface area contributed by atoms with Crippen LogP contribution in [0.2, 0.25) is 0 Å². The summed E-state index contributed by atoms with van der Waals surface area (Å²) in [6.45, 7) is 1.40. The lowest BCUT2D eigenvalue weighted by Gasteiger charge is -2.45. The van der Waals surface area contributed by atoms with Gasteiger partial charge in [0.1, 0.15) is 0 Å². The lowest BCUT2D eigenvalue weighted by Crippen LogP contribution is -2.65. The molecular weight excluding hydrogens is 181 g/mol. The number of halogens is 3. The van der Waals surface area contributed by atoms with E-state index in [1.807, 2.05) is 0 Å². The molecule has 0 saturated carbocycles. The summed E-state index contributed by atoms with van der Waals surface area (Å²) in [6.07, 6.45) is -4.09. The molecule has 2 nitrogen and oxygen atoms in total. The summed E-state index contributed by atoms with van der Waals surface area (Å²) in [5.41, 5.74) is 0. The molecule has 0 amide bonds. The highest BCUT2D eigenvalue weighted by atomic mass is 19.4. The molecule has 1 aliphatic heterocycles. The van der Waals surface area contributed by atoms with Crippen LogP contribution >= 0.6 is 0 Å². The average Bonchev–Trinajstić information content (AvgIpc) is 1.92. The van der Waals surface area contributed by atoms with Crippen molar-refractivity contribution in [1.29, 1.82) is 0 Å². The zero-order valence-corrected chi connectivity index (χ0v) is 8.23. The molecule has 0 spiro atoms. The van der Waals surface area contributed by atoms with Gasteiger partial charge in [0.15, 0.2) is 6.04 Å². The topological polar surface area (TPSA) is 3.24 Å². The van der Waals surface area contributed by atoms with Crippen molar-refractivity contribution in [3.8, 4) is 0 Å². The molecule has 0 aliphatic carbocycles. The van der Waals surface area contributed by atoms with Crippen LogP contribution in [0.5, 0.6) is 0 Å². The molecule has 78 valence electrons. The van der Waals surface area contributed by atoms with E-state index >= 15 is 0 Å². The number of nitrogens with zero attached hydrogens (tertiary/aromatic N) is 2. The Kier molecular flexibility index (Phi) is 2.60. The zero-order valence-electron chi connectivity index (χ0n) is 8.23. The molecular formula is C8H16F3N2+. The van der Waals surface area contributed by atoms with E-state index in [0.29, 0.717) is 6.54 Å². The lowest BCUT2D eigenvalue weighted by atomic mass is 10.1. The summed E-state index contributed by atoms with van der Waals surface area (Å²) in [5, 5.41) is 0. The van der Waals surface area contributed by atoms with Crippen LogP contribution in [0, 0.1) is 0 Å². The average molecular weight is 197 g/mol. The minimum Gasteiger partial charge on any atom is -0.316 e. The van der Waals surface area contributed by atoms with E-state index in [1.54, 1.807) is 26.0 Å². The fourth-order valence-electron chi connectivity index (χ4n) is 1.69. The van der Waals surface area contributed by atoms with E-state index in [1.165, 1.54) is 0 Å². The summed E-state index contributed by atoms with van der Waals surface area (Å²) < 4.78 is 37.8. The van der Waals surface area contributed by atoms with Crippen molar-refractivity contribution in [2.45, 2.75) is 12.2 Å². The van der Waals surface area contributed by atoms with E-state index in [-0.39, 0.29) is 11.0 Å². The van der Waals surface area contributed by atoms with Crippen molar-refractivity contribution in [3.05, 3.63) is 0 Å². The molecule has 0 aromatic carbocycles. The molecule has 1 atom stereocenters. The van der Waals surface area contributed by atoms with Gasteiger partial charge in [-0.15, -0.1) is 0 Å². The molecule has 0 unspecified atom stereocenters. The molecule has 0 radical (unpaired) electrons. The van der Waals surface area contributed by atoms with Crippen LogP contribution in [0.1, 0.15) is 0 Å². The Labute approximate surface area is 76.5 Å². The van der Waals surface area contributed by atoms with Crippen molar-refractivity contribution in [2.24, 2.45) is 0 Å². The van der Waals surface area contributed by atoms with Gasteiger partial charge >= 0.3 is 6.18 Å². The van der Waals surface area contributed by atoms with E-state index in [9.17, 15) is 13.2 Å². The number of likely N-dealkylation sites (N-methyl/N-ethyl adjacent to an activating group) is 2. The predicted octanol–water partition coefficient (Wildman–Crippen LogP) is 0.939. The van der Waals surface area contributed by atoms with E-state index in [0.717, 1.165) is 6.54 Å². The number of quaternary nitrogens is 1. The number of piperazine rings is 1. The smallest absolute Gasteiger partial charge is 0.316 e. The van der Waals surface area contributed by atoms with Crippen LogP contribution in [0.4, 0.5) is 13.2 Å². The summed E-state index contributed by atoms with van der Waals surface area (Å²) in [4.78, 5) is 1.74. The molecule has 1 fully saturated rings. The van der Waals surface area contributed by atoms with Crippen molar-refractivity contribution >= 4 is 0 Å². The van der Waals surface area contributed by atoms with Gasteiger partial charge in [-0.2, -0.15) is 13.2 Å². The molecule has 0 bridgehead atoms. The predicted molar refractivity (Wildman–Crippen MR) is 44.3 cm³/mol. The monoisotopic (exact) mass is 197 g/mol. The second-order valence-corrected chi connectivity index (χ2v) is 4.32. The van der Waals surface area contributed by atoms with Gasteiger partial charge in [-0.3, -0.25) is 4.90 Å². The van der Waals surface area contributed by atoms with E-state index in [2.05, 4.69) is 0 Å². The highest BCUT2D eigenvalue weighted by molar-refractivity contribution is 4.75. The third-order valence-corrected chi connectivity index (χ3v) is 2.76. The zero-order chi connectivity index (χ0) is 10.3. The summed E-state index contributed by atoms with van der Waals surface area (Å²) in [6, 6.07) is -1.24. The maximum atomic E-state index is 12.6. The quantitative estimate of drug-likeness (QED) is 0.522. The first-order valence-electron chi connectivity index (χ1n) is 4.31. The normalized spacial score (nSPS) is 30.5. The molecule has 13 heavy (non-hydrogen) atoms. The Morgan fingerprint density at radius 3 is 2.23 bits per heavy atom. The Balaban J connectivity index is 2.78. The highest BCUT2D eigenvalue weighted by Gasteiger charge is 2.52. The van der Waals surface area contributed by atoms with Gasteiger partial charge in [-0.25, -0.2) is 0 Å². The second kappa shape index (κ2) is 3.13. The molecule has 0 aromatic heterocycles. The van der Waals surface area contributed by atoms with Crippen LogP contribution in [0.3, 0.4) is 0 Å². The molecule has 5 heteroatoms. The van der Waals surface area contributed by atoms with Gasteiger partial charge < -0.3 is 4.48 Å². The summed E-state index contributed by atoms with van der Waals surface area (Å²) >= 11 is 0. The molecule has 1 heterocycles. The number of rotatable bonds is 0. The SMILES string of the molecule is CN1CC[N+](C)(C)[C@H](C(F)(F)F)C1. The molecule has 1 rings (SSSR count). The standard InChI is InChI=1S/C8H16F3N2/c1-12-4-5-13(2,3)7(6-12)8(9,10)11/h7H,4-6H2,1-3H3/q+1/t7-/m0/s1. The Morgan fingerprint density at radius 2 is 1.85 bits per heavy atom. The van der Waals surface area contributed by atoms with Gasteiger partial charge in [-0.05, 0) is 7.05 Å². The number of hydrogen-bond acceptors (Lipinski definition) is 1. The van der Waals surface area contributed by atoms with Crippen molar-refractivity contribution in [1.82, 2.24) is 4.90 Å². The van der Waals surface area contributed by atoms with Crippen molar-refractivity contribution in [3.63, 3.8) is 0 Å². The van der Waals surface area contributed by atoms with Crippen LogP contribution < -0.4 is 0 Å². The first kappa shape index (κ1) is 10.8. The minimum atomic E-state index is -4.09. The number of hydrogen-bond donors (Lipinski definition) is 0. The first-order valence-corrected chi connectivity index (χ1v) is 4.31. The molecule has 0 N–H and O–H groups in total. The van der Waals surface area contributed by atoms with Gasteiger partial charge in [-0.1, -0.05) is 0 Å². The molecule has 1 aliphatic rings. The lowest BCUT2D eigenvalue weighted by molar-refractivity contribution is -0.931. The third-order valence-electron chi connectivity index (χ3n) is 2.76. The fraction of sp³-hybridized carbons (Fsp3) is 1.00. The van der Waals surface area contributed by atoms with Crippen LogP contribution in [0.15, 0.2) is 0 Å². The maximum Gasteiger partial charge on any atom is 0.442 e. The minimum absolute atomic E-state index is 0.0494. The maximum absolute atomic E-state index is 12.6. The molecule has 0 aromatic rings. The number of alkyl halides is 3. The molecule has 1 saturated heterocycles. The van der Waals surface area contributed by atoms with Crippen LogP contribution in [-0.4, -0.2) is 62.4 Å². The van der Waals surface area contributed by atoms with Crippen molar-refractivity contribution < 1.29 is 17.7 Å². The van der Waals surface area contributed by atoms with E-state index < -0.39 is 12.2 Å². The van der Waals surface area contributed by atoms with Crippen LogP contribution in [0.25, 0.3) is 0 Å². The third kappa shape index (κ3) is 2.34. The van der Waals surface area contributed by atoms with Gasteiger partial charge in [0, 0.05) is 6.54 Å². The van der Waals surface area contributed by atoms with Gasteiger partial charge in [0.05, 0.1) is 27.2 Å². The Bertz CT molecular complexity index is 188.